The van der Waals surface area contributed by atoms with E-state index in [-0.39, 0.29) is 10.6 Å². The second-order valence-corrected chi connectivity index (χ2v) is 4.94. The first-order valence-corrected chi connectivity index (χ1v) is 6.23. The lowest BCUT2D eigenvalue weighted by Crippen LogP contribution is -2.03. The molecular weight excluding hydrogens is 293 g/mol. The lowest BCUT2D eigenvalue weighted by Gasteiger charge is -2.06. The third kappa shape index (κ3) is 2.77. The second kappa shape index (κ2) is 5.16. The molecule has 0 fully saturated rings. The lowest BCUT2D eigenvalue weighted by atomic mass is 10.1. The zero-order chi connectivity index (χ0) is 14.9. The zero-order valence-electron chi connectivity index (χ0n) is 10.2. The van der Waals surface area contributed by atoms with E-state index < -0.39 is 17.7 Å². The zero-order valence-corrected chi connectivity index (χ0v) is 11.0. The van der Waals surface area contributed by atoms with Crippen LogP contribution in [0.3, 0.4) is 0 Å². The molecule has 0 unspecified atom stereocenters. The molecule has 2 rings (SSSR count). The standard InChI is InChI=1S/C13H9F3O3S/c1-19-9-6-10(20-11(9)12(17)18)7-2-4-8(5-3-7)13(14,15)16/h2-6H,1H3,(H,17,18). The van der Waals surface area contributed by atoms with E-state index in [0.29, 0.717) is 10.4 Å². The number of rotatable bonds is 3. The number of carbonyl (C=O) groups is 1. The molecule has 0 saturated carbocycles. The molecular formula is C13H9F3O3S. The number of thiophene rings is 1. The summed E-state index contributed by atoms with van der Waals surface area (Å²) in [5.41, 5.74) is -0.239. The molecule has 0 aliphatic rings. The molecule has 0 amide bonds. The summed E-state index contributed by atoms with van der Waals surface area (Å²) in [6.07, 6.45) is -4.39. The fourth-order valence-electron chi connectivity index (χ4n) is 1.64. The summed E-state index contributed by atoms with van der Waals surface area (Å²) in [7, 11) is 1.34. The topological polar surface area (TPSA) is 46.5 Å². The van der Waals surface area contributed by atoms with Gasteiger partial charge in [-0.1, -0.05) is 12.1 Å². The van der Waals surface area contributed by atoms with Gasteiger partial charge in [0, 0.05) is 4.88 Å². The van der Waals surface area contributed by atoms with Gasteiger partial charge in [-0.3, -0.25) is 0 Å². The summed E-state index contributed by atoms with van der Waals surface area (Å²) in [5, 5.41) is 8.99. The number of carboxylic acid groups (broad SMARTS) is 1. The van der Waals surface area contributed by atoms with E-state index in [9.17, 15) is 18.0 Å². The van der Waals surface area contributed by atoms with Crippen molar-refractivity contribution >= 4 is 17.3 Å². The van der Waals surface area contributed by atoms with E-state index >= 15 is 0 Å². The highest BCUT2D eigenvalue weighted by atomic mass is 32.1. The molecule has 20 heavy (non-hydrogen) atoms. The van der Waals surface area contributed by atoms with E-state index in [0.717, 1.165) is 23.5 Å². The summed E-state index contributed by atoms with van der Waals surface area (Å²) in [5.74, 6) is -0.942. The quantitative estimate of drug-likeness (QED) is 0.927. The van der Waals surface area contributed by atoms with Crippen LogP contribution < -0.4 is 4.74 Å². The van der Waals surface area contributed by atoms with Crippen LogP contribution in [0.2, 0.25) is 0 Å². The molecule has 0 saturated heterocycles. The Bertz CT molecular complexity index is 629. The Morgan fingerprint density at radius 1 is 1.25 bits per heavy atom. The van der Waals surface area contributed by atoms with Gasteiger partial charge in [-0.15, -0.1) is 11.3 Å². The van der Waals surface area contributed by atoms with E-state index in [1.165, 1.54) is 25.3 Å². The highest BCUT2D eigenvalue weighted by molar-refractivity contribution is 7.17. The van der Waals surface area contributed by atoms with Gasteiger partial charge in [-0.2, -0.15) is 13.2 Å². The van der Waals surface area contributed by atoms with Gasteiger partial charge in [-0.25, -0.2) is 4.79 Å². The van der Waals surface area contributed by atoms with Crippen molar-refractivity contribution in [2.75, 3.05) is 7.11 Å². The lowest BCUT2D eigenvalue weighted by molar-refractivity contribution is -0.137. The Kier molecular flexibility index (Phi) is 3.71. The second-order valence-electron chi connectivity index (χ2n) is 3.89. The van der Waals surface area contributed by atoms with Crippen molar-refractivity contribution in [3.63, 3.8) is 0 Å². The average molecular weight is 302 g/mol. The van der Waals surface area contributed by atoms with Crippen molar-refractivity contribution < 1.29 is 27.8 Å². The van der Waals surface area contributed by atoms with Crippen LogP contribution in [0.25, 0.3) is 10.4 Å². The van der Waals surface area contributed by atoms with Crippen LogP contribution in [0.4, 0.5) is 13.2 Å². The van der Waals surface area contributed by atoms with Crippen LogP contribution in [0.5, 0.6) is 5.75 Å². The van der Waals surface area contributed by atoms with E-state index in [2.05, 4.69) is 0 Å². The predicted molar refractivity (Wildman–Crippen MR) is 68.3 cm³/mol. The molecule has 0 atom stereocenters. The van der Waals surface area contributed by atoms with E-state index in [4.69, 9.17) is 9.84 Å². The minimum Gasteiger partial charge on any atom is -0.495 e. The van der Waals surface area contributed by atoms with Gasteiger partial charge >= 0.3 is 12.1 Å². The summed E-state index contributed by atoms with van der Waals surface area (Å²) >= 11 is 0.953. The Morgan fingerprint density at radius 2 is 1.85 bits per heavy atom. The third-order valence-corrected chi connectivity index (χ3v) is 3.76. The average Bonchev–Trinajstić information content (AvgIpc) is 2.82. The first-order valence-electron chi connectivity index (χ1n) is 5.41. The highest BCUT2D eigenvalue weighted by Crippen LogP contribution is 2.37. The summed E-state index contributed by atoms with van der Waals surface area (Å²) in [6, 6.07) is 6.03. The Hall–Kier alpha value is -2.02. The molecule has 7 heteroatoms. The monoisotopic (exact) mass is 302 g/mol. The van der Waals surface area contributed by atoms with Crippen LogP contribution in [-0.2, 0) is 6.18 Å². The smallest absolute Gasteiger partial charge is 0.416 e. The first kappa shape index (κ1) is 14.4. The van der Waals surface area contributed by atoms with Gasteiger partial charge in [0.15, 0.2) is 4.88 Å². The first-order chi connectivity index (χ1) is 9.32. The van der Waals surface area contributed by atoms with Crippen molar-refractivity contribution in [3.8, 4) is 16.2 Å². The molecule has 1 N–H and O–H groups in total. The molecule has 0 bridgehead atoms. The number of carboxylic acids is 1. The van der Waals surface area contributed by atoms with Crippen LogP contribution in [-0.4, -0.2) is 18.2 Å². The molecule has 0 aliphatic carbocycles. The van der Waals surface area contributed by atoms with Gasteiger partial charge in [0.05, 0.1) is 12.7 Å². The molecule has 1 aromatic carbocycles. The Morgan fingerprint density at radius 3 is 2.25 bits per heavy atom. The normalized spacial score (nSPS) is 11.4. The minimum absolute atomic E-state index is 0.0161. The number of halogens is 3. The highest BCUT2D eigenvalue weighted by Gasteiger charge is 2.30. The molecule has 1 heterocycles. The van der Waals surface area contributed by atoms with Crippen LogP contribution in [0.15, 0.2) is 30.3 Å². The maximum atomic E-state index is 12.5. The van der Waals surface area contributed by atoms with Crippen molar-refractivity contribution in [1.82, 2.24) is 0 Å². The fraction of sp³-hybridized carbons (Fsp3) is 0.154. The van der Waals surface area contributed by atoms with Crippen molar-refractivity contribution in [2.45, 2.75) is 6.18 Å². The third-order valence-electron chi connectivity index (χ3n) is 2.61. The summed E-state index contributed by atoms with van der Waals surface area (Å²) < 4.78 is 42.3. The van der Waals surface area contributed by atoms with Gasteiger partial charge in [-0.05, 0) is 23.8 Å². The molecule has 106 valence electrons. The molecule has 1 aromatic heterocycles. The largest absolute Gasteiger partial charge is 0.495 e. The predicted octanol–water partition coefficient (Wildman–Crippen LogP) is 4.14. The van der Waals surface area contributed by atoms with Crippen molar-refractivity contribution in [1.29, 1.82) is 0 Å². The van der Waals surface area contributed by atoms with E-state index in [1.54, 1.807) is 0 Å². The van der Waals surface area contributed by atoms with Gasteiger partial charge in [0.25, 0.3) is 0 Å². The number of alkyl halides is 3. The molecule has 0 radical (unpaired) electrons. The van der Waals surface area contributed by atoms with Gasteiger partial charge in [0.1, 0.15) is 5.75 Å². The number of benzene rings is 1. The maximum Gasteiger partial charge on any atom is 0.416 e. The Labute approximate surface area is 116 Å². The van der Waals surface area contributed by atoms with Crippen LogP contribution in [0, 0.1) is 0 Å². The van der Waals surface area contributed by atoms with Gasteiger partial charge in [0.2, 0.25) is 0 Å². The minimum atomic E-state index is -4.39. The number of methoxy groups -OCH3 is 1. The number of ether oxygens (including phenoxy) is 1. The maximum absolute atomic E-state index is 12.5. The summed E-state index contributed by atoms with van der Waals surface area (Å²) in [6.45, 7) is 0. The molecule has 0 aliphatic heterocycles. The fourth-order valence-corrected chi connectivity index (χ4v) is 2.61. The van der Waals surface area contributed by atoms with Crippen LogP contribution in [0.1, 0.15) is 15.2 Å². The number of aromatic carboxylic acids is 1. The van der Waals surface area contributed by atoms with E-state index in [1.807, 2.05) is 0 Å². The van der Waals surface area contributed by atoms with Gasteiger partial charge < -0.3 is 9.84 Å². The molecule has 3 nitrogen and oxygen atoms in total. The van der Waals surface area contributed by atoms with Crippen LogP contribution >= 0.6 is 11.3 Å². The van der Waals surface area contributed by atoms with Crippen molar-refractivity contribution in [2.24, 2.45) is 0 Å². The van der Waals surface area contributed by atoms with Crippen molar-refractivity contribution in [3.05, 3.63) is 40.8 Å². The molecule has 2 aromatic rings. The Balaban J connectivity index is 2.39. The SMILES string of the molecule is COc1cc(-c2ccc(C(F)(F)F)cc2)sc1C(=O)O. The number of hydrogen-bond acceptors (Lipinski definition) is 3. The molecule has 0 spiro atoms. The number of hydrogen-bond donors (Lipinski definition) is 1. The summed E-state index contributed by atoms with van der Waals surface area (Å²) in [4.78, 5) is 11.5.